The summed E-state index contributed by atoms with van der Waals surface area (Å²) in [6.45, 7) is 9.35. The van der Waals surface area contributed by atoms with Crippen LogP contribution >= 0.6 is 0 Å². The van der Waals surface area contributed by atoms with Crippen molar-refractivity contribution in [2.24, 2.45) is 11.3 Å². The van der Waals surface area contributed by atoms with Crippen LogP contribution in [0.3, 0.4) is 0 Å². The first-order chi connectivity index (χ1) is 9.01. The van der Waals surface area contributed by atoms with Crippen molar-refractivity contribution in [2.75, 3.05) is 6.54 Å². The van der Waals surface area contributed by atoms with Crippen molar-refractivity contribution in [3.8, 4) is 0 Å². The van der Waals surface area contributed by atoms with E-state index >= 15 is 0 Å². The zero-order valence-electron chi connectivity index (χ0n) is 12.9. The fourth-order valence-electron chi connectivity index (χ4n) is 1.66. The lowest BCUT2D eigenvalue weighted by Crippen LogP contribution is -2.46. The van der Waals surface area contributed by atoms with Gasteiger partial charge in [-0.25, -0.2) is 4.79 Å². The summed E-state index contributed by atoms with van der Waals surface area (Å²) in [6, 6.07) is -0.915. The Morgan fingerprint density at radius 2 is 1.65 bits per heavy atom. The van der Waals surface area contributed by atoms with E-state index in [0.717, 1.165) is 0 Å². The van der Waals surface area contributed by atoms with Gasteiger partial charge in [-0.3, -0.25) is 9.59 Å². The Balaban J connectivity index is 4.21. The van der Waals surface area contributed by atoms with Gasteiger partial charge >= 0.3 is 5.97 Å². The smallest absolute Gasteiger partial charge is 0.326 e. The average molecular weight is 286 g/mol. The number of amides is 2. The van der Waals surface area contributed by atoms with Crippen LogP contribution in [0.1, 0.15) is 47.5 Å². The van der Waals surface area contributed by atoms with E-state index < -0.39 is 17.9 Å². The summed E-state index contributed by atoms with van der Waals surface area (Å²) in [4.78, 5) is 34.2. The average Bonchev–Trinajstić information content (AvgIpc) is 2.22. The number of carbonyl (C=O) groups is 3. The van der Waals surface area contributed by atoms with Crippen LogP contribution in [0.25, 0.3) is 0 Å². The molecule has 0 fully saturated rings. The number of hydrogen-bond donors (Lipinski definition) is 3. The van der Waals surface area contributed by atoms with Crippen LogP contribution in [0.2, 0.25) is 0 Å². The maximum absolute atomic E-state index is 11.6. The van der Waals surface area contributed by atoms with Gasteiger partial charge in [-0.05, 0) is 17.8 Å². The highest BCUT2D eigenvalue weighted by molar-refractivity contribution is 5.87. The third-order valence-corrected chi connectivity index (χ3v) is 2.48. The zero-order valence-corrected chi connectivity index (χ0v) is 12.9. The molecule has 0 saturated heterocycles. The van der Waals surface area contributed by atoms with Crippen LogP contribution in [-0.4, -0.2) is 35.5 Å². The number of carboxylic acid groups (broad SMARTS) is 1. The third-order valence-electron chi connectivity index (χ3n) is 2.48. The summed E-state index contributed by atoms with van der Waals surface area (Å²) >= 11 is 0. The predicted octanol–water partition coefficient (Wildman–Crippen LogP) is 1.15. The van der Waals surface area contributed by atoms with Crippen LogP contribution in [-0.2, 0) is 14.4 Å². The van der Waals surface area contributed by atoms with Crippen molar-refractivity contribution in [3.63, 3.8) is 0 Å². The largest absolute Gasteiger partial charge is 0.480 e. The Bertz CT molecular complexity index is 359. The molecule has 0 heterocycles. The number of aliphatic carboxylic acids is 1. The van der Waals surface area contributed by atoms with Gasteiger partial charge in [-0.15, -0.1) is 0 Å². The minimum Gasteiger partial charge on any atom is -0.480 e. The molecule has 116 valence electrons. The molecule has 0 radical (unpaired) electrons. The summed E-state index contributed by atoms with van der Waals surface area (Å²) in [5.74, 6) is -1.61. The van der Waals surface area contributed by atoms with Crippen LogP contribution in [0.4, 0.5) is 0 Å². The highest BCUT2D eigenvalue weighted by Gasteiger charge is 2.21. The second kappa shape index (κ2) is 7.87. The Morgan fingerprint density at radius 3 is 2.05 bits per heavy atom. The molecule has 1 atom stereocenters. The first-order valence-electron chi connectivity index (χ1n) is 6.80. The van der Waals surface area contributed by atoms with E-state index in [9.17, 15) is 14.4 Å². The minimum atomic E-state index is -1.06. The van der Waals surface area contributed by atoms with Crippen LogP contribution in [0.15, 0.2) is 0 Å². The molecule has 6 heteroatoms. The number of carboxylic acids is 1. The van der Waals surface area contributed by atoms with Gasteiger partial charge in [0.05, 0.1) is 6.54 Å². The Morgan fingerprint density at radius 1 is 1.10 bits per heavy atom. The molecular weight excluding hydrogens is 260 g/mol. The number of hydrogen-bond acceptors (Lipinski definition) is 3. The fraction of sp³-hybridized carbons (Fsp3) is 0.786. The molecule has 0 aliphatic carbocycles. The molecule has 0 rings (SSSR count). The van der Waals surface area contributed by atoms with Gasteiger partial charge in [-0.2, -0.15) is 0 Å². The number of rotatable bonds is 7. The van der Waals surface area contributed by atoms with Crippen LogP contribution in [0, 0.1) is 11.3 Å². The quantitative estimate of drug-likeness (QED) is 0.654. The number of nitrogens with one attached hydrogen (secondary N) is 2. The molecule has 3 N–H and O–H groups in total. The van der Waals surface area contributed by atoms with Gasteiger partial charge in [0.15, 0.2) is 0 Å². The van der Waals surface area contributed by atoms with Crippen molar-refractivity contribution < 1.29 is 19.5 Å². The fourth-order valence-corrected chi connectivity index (χ4v) is 1.66. The van der Waals surface area contributed by atoms with E-state index in [1.807, 2.05) is 34.6 Å². The van der Waals surface area contributed by atoms with E-state index in [4.69, 9.17) is 5.11 Å². The first-order valence-corrected chi connectivity index (χ1v) is 6.80. The van der Waals surface area contributed by atoms with Gasteiger partial charge in [-0.1, -0.05) is 34.6 Å². The maximum atomic E-state index is 11.6. The molecular formula is C14H26N2O4. The van der Waals surface area contributed by atoms with E-state index in [0.29, 0.717) is 12.8 Å². The summed E-state index contributed by atoms with van der Waals surface area (Å²) in [6.07, 6.45) is 0.672. The standard InChI is InChI=1S/C14H26N2O4/c1-9(2)6-10(13(19)20)16-12(18)8-15-11(17)7-14(3,4)5/h9-10H,6-8H2,1-5H3,(H,15,17)(H,16,18)(H,19,20)/t10-/m0/s1. The topological polar surface area (TPSA) is 95.5 Å². The van der Waals surface area contributed by atoms with Crippen LogP contribution < -0.4 is 10.6 Å². The second-order valence-electron chi connectivity index (χ2n) is 6.60. The SMILES string of the molecule is CC(C)C[C@H](NC(=O)CNC(=O)CC(C)(C)C)C(=O)O. The molecule has 0 aromatic rings. The highest BCUT2D eigenvalue weighted by atomic mass is 16.4. The monoisotopic (exact) mass is 286 g/mol. The van der Waals surface area contributed by atoms with Crippen LogP contribution in [0.5, 0.6) is 0 Å². The summed E-state index contributed by atoms with van der Waals surface area (Å²) in [7, 11) is 0. The predicted molar refractivity (Wildman–Crippen MR) is 76.1 cm³/mol. The van der Waals surface area contributed by atoms with Crippen molar-refractivity contribution in [3.05, 3.63) is 0 Å². The molecule has 0 saturated carbocycles. The van der Waals surface area contributed by atoms with Gasteiger partial charge in [0.25, 0.3) is 0 Å². The van der Waals surface area contributed by atoms with E-state index in [-0.39, 0.29) is 23.8 Å². The van der Waals surface area contributed by atoms with E-state index in [1.165, 1.54) is 0 Å². The molecule has 0 aliphatic rings. The van der Waals surface area contributed by atoms with Gasteiger partial charge < -0.3 is 15.7 Å². The Labute approximate surface area is 120 Å². The summed E-state index contributed by atoms with van der Waals surface area (Å²) in [5, 5.41) is 13.9. The first kappa shape index (κ1) is 18.4. The summed E-state index contributed by atoms with van der Waals surface area (Å²) in [5.41, 5.74) is -0.151. The Kier molecular flexibility index (Phi) is 7.24. The molecule has 0 aliphatic heterocycles. The molecule has 2 amide bonds. The molecule has 0 aromatic heterocycles. The van der Waals surface area contributed by atoms with Gasteiger partial charge in [0.2, 0.25) is 11.8 Å². The second-order valence-corrected chi connectivity index (χ2v) is 6.60. The van der Waals surface area contributed by atoms with Gasteiger partial charge in [0, 0.05) is 6.42 Å². The van der Waals surface area contributed by atoms with Crippen molar-refractivity contribution in [1.82, 2.24) is 10.6 Å². The normalized spacial score (nSPS) is 12.9. The lowest BCUT2D eigenvalue weighted by molar-refractivity contribution is -0.142. The van der Waals surface area contributed by atoms with Crippen molar-refractivity contribution in [2.45, 2.75) is 53.5 Å². The van der Waals surface area contributed by atoms with Crippen molar-refractivity contribution in [1.29, 1.82) is 0 Å². The maximum Gasteiger partial charge on any atom is 0.326 e. The molecule has 0 unspecified atom stereocenters. The highest BCUT2D eigenvalue weighted by Crippen LogP contribution is 2.17. The minimum absolute atomic E-state index is 0.151. The summed E-state index contributed by atoms with van der Waals surface area (Å²) < 4.78 is 0. The van der Waals surface area contributed by atoms with E-state index in [1.54, 1.807) is 0 Å². The zero-order chi connectivity index (χ0) is 15.9. The number of carbonyl (C=O) groups excluding carboxylic acids is 2. The Hall–Kier alpha value is -1.59. The molecule has 20 heavy (non-hydrogen) atoms. The van der Waals surface area contributed by atoms with Crippen molar-refractivity contribution >= 4 is 17.8 Å². The van der Waals surface area contributed by atoms with Gasteiger partial charge in [0.1, 0.15) is 6.04 Å². The lowest BCUT2D eigenvalue weighted by Gasteiger charge is -2.18. The lowest BCUT2D eigenvalue weighted by atomic mass is 9.92. The molecule has 6 nitrogen and oxygen atoms in total. The molecule has 0 spiro atoms. The third kappa shape index (κ3) is 9.35. The van der Waals surface area contributed by atoms with E-state index in [2.05, 4.69) is 10.6 Å². The molecule has 0 aromatic carbocycles. The molecule has 0 bridgehead atoms.